The van der Waals surface area contributed by atoms with Gasteiger partial charge in [-0.15, -0.1) is 11.8 Å². The number of nitrogens with one attached hydrogen (secondary N) is 1. The van der Waals surface area contributed by atoms with Crippen molar-refractivity contribution in [3.05, 3.63) is 6.07 Å². The van der Waals surface area contributed by atoms with Gasteiger partial charge < -0.3 is 15.5 Å². The number of carbonyl (C=O) groups is 1. The van der Waals surface area contributed by atoms with Crippen molar-refractivity contribution in [1.82, 2.24) is 9.88 Å². The monoisotopic (exact) mass is 272 g/mol. The average molecular weight is 272 g/mol. The van der Waals surface area contributed by atoms with Crippen LogP contribution in [0, 0.1) is 0 Å². The molecule has 0 bridgehead atoms. The lowest BCUT2D eigenvalue weighted by Gasteiger charge is -2.11. The maximum absolute atomic E-state index is 11.3. The van der Waals surface area contributed by atoms with Crippen molar-refractivity contribution in [3.8, 4) is 11.8 Å². The predicted molar refractivity (Wildman–Crippen MR) is 72.3 cm³/mol. The lowest BCUT2D eigenvalue weighted by molar-refractivity contribution is -0.118. The molecule has 0 fully saturated rings. The van der Waals surface area contributed by atoms with Gasteiger partial charge in [0.05, 0.1) is 10.9 Å². The number of nitrogens with zero attached hydrogens (tertiary/aromatic N) is 1. The molecule has 0 saturated heterocycles. The minimum Gasteiger partial charge on any atom is -0.494 e. The molecule has 1 aromatic rings. The molecule has 18 heavy (non-hydrogen) atoms. The highest BCUT2D eigenvalue weighted by atomic mass is 32.2. The molecular weight excluding hydrogens is 252 g/mol. The summed E-state index contributed by atoms with van der Waals surface area (Å²) >= 11 is 1.35. The Balaban J connectivity index is 2.73. The summed E-state index contributed by atoms with van der Waals surface area (Å²) in [5, 5.41) is 22.5. The summed E-state index contributed by atoms with van der Waals surface area (Å²) in [6, 6.07) is 1.29. The first-order valence-corrected chi connectivity index (χ1v) is 6.91. The van der Waals surface area contributed by atoms with E-state index in [-0.39, 0.29) is 23.6 Å². The molecule has 0 aliphatic heterocycles. The highest BCUT2D eigenvalue weighted by Gasteiger charge is 2.17. The third kappa shape index (κ3) is 3.43. The lowest BCUT2D eigenvalue weighted by Crippen LogP contribution is -2.34. The highest BCUT2D eigenvalue weighted by Crippen LogP contribution is 2.35. The van der Waals surface area contributed by atoms with E-state index in [2.05, 4.69) is 5.32 Å². The molecule has 3 N–H and O–H groups in total. The van der Waals surface area contributed by atoms with E-state index in [0.717, 1.165) is 6.42 Å². The van der Waals surface area contributed by atoms with E-state index in [1.165, 1.54) is 29.3 Å². The molecule has 102 valence electrons. The largest absolute Gasteiger partial charge is 0.494 e. The van der Waals surface area contributed by atoms with E-state index < -0.39 is 0 Å². The number of aromatic hydroxyl groups is 2. The van der Waals surface area contributed by atoms with Crippen LogP contribution in [0.15, 0.2) is 11.0 Å². The molecule has 0 aromatic carbocycles. The molecule has 0 amide bonds. The first-order chi connectivity index (χ1) is 8.51. The van der Waals surface area contributed by atoms with E-state index in [1.807, 2.05) is 6.92 Å². The van der Waals surface area contributed by atoms with E-state index in [4.69, 9.17) is 0 Å². The van der Waals surface area contributed by atoms with Crippen molar-refractivity contribution in [2.45, 2.75) is 37.8 Å². The van der Waals surface area contributed by atoms with Gasteiger partial charge in [0.1, 0.15) is 5.78 Å². The van der Waals surface area contributed by atoms with E-state index in [9.17, 15) is 15.0 Å². The molecule has 0 aliphatic carbocycles. The molecule has 0 saturated carbocycles. The van der Waals surface area contributed by atoms with Crippen LogP contribution in [0.5, 0.6) is 11.8 Å². The van der Waals surface area contributed by atoms with Gasteiger partial charge in [0, 0.05) is 18.4 Å². The summed E-state index contributed by atoms with van der Waals surface area (Å²) in [5.41, 5.74) is 0. The Bertz CT molecular complexity index is 418. The molecule has 0 aliphatic rings. The Morgan fingerprint density at radius 2 is 2.22 bits per heavy atom. The van der Waals surface area contributed by atoms with E-state index in [0.29, 0.717) is 17.2 Å². The highest BCUT2D eigenvalue weighted by molar-refractivity contribution is 7.99. The fraction of sp³-hybridized carbons (Fsp3) is 0.583. The first kappa shape index (κ1) is 14.9. The maximum Gasteiger partial charge on any atom is 0.208 e. The molecule has 1 aromatic heterocycles. The summed E-state index contributed by atoms with van der Waals surface area (Å²) in [6.45, 7) is 4.07. The van der Waals surface area contributed by atoms with Crippen LogP contribution in [-0.4, -0.2) is 39.4 Å². The quantitative estimate of drug-likeness (QED) is 0.657. The van der Waals surface area contributed by atoms with Gasteiger partial charge in [0.2, 0.25) is 5.88 Å². The minimum absolute atomic E-state index is 0.0562. The zero-order chi connectivity index (χ0) is 13.7. The average Bonchev–Trinajstić information content (AvgIpc) is 2.58. The molecule has 0 spiro atoms. The van der Waals surface area contributed by atoms with Gasteiger partial charge in [-0.2, -0.15) is 0 Å². The second kappa shape index (κ2) is 6.70. The van der Waals surface area contributed by atoms with Gasteiger partial charge in [-0.1, -0.05) is 6.92 Å². The summed E-state index contributed by atoms with van der Waals surface area (Å²) in [4.78, 5) is 11.9. The minimum atomic E-state index is -0.244. The van der Waals surface area contributed by atoms with Gasteiger partial charge in [0.15, 0.2) is 5.88 Å². The van der Waals surface area contributed by atoms with Gasteiger partial charge in [-0.05, 0) is 20.4 Å². The first-order valence-electron chi connectivity index (χ1n) is 5.93. The molecule has 6 heteroatoms. The van der Waals surface area contributed by atoms with Crippen LogP contribution < -0.4 is 5.32 Å². The molecule has 1 rings (SSSR count). The maximum atomic E-state index is 11.3. The summed E-state index contributed by atoms with van der Waals surface area (Å²) in [6.07, 6.45) is 0.826. The van der Waals surface area contributed by atoms with Crippen molar-refractivity contribution >= 4 is 17.5 Å². The Morgan fingerprint density at radius 3 is 2.72 bits per heavy atom. The number of Topliss-reactive ketones (excluding diaryl/α,β-unsaturated/α-hetero) is 1. The summed E-state index contributed by atoms with van der Waals surface area (Å²) < 4.78 is 1.46. The Morgan fingerprint density at radius 1 is 1.56 bits per heavy atom. The number of hydrogen-bond donors (Lipinski definition) is 3. The lowest BCUT2D eigenvalue weighted by atomic mass is 10.2. The predicted octanol–water partition coefficient (Wildman–Crippen LogP) is 1.58. The molecule has 1 unspecified atom stereocenters. The fourth-order valence-electron chi connectivity index (χ4n) is 1.63. The molecule has 1 atom stereocenters. The molecule has 0 radical (unpaired) electrons. The Hall–Kier alpha value is -1.14. The van der Waals surface area contributed by atoms with Gasteiger partial charge in [-0.3, -0.25) is 9.36 Å². The smallest absolute Gasteiger partial charge is 0.208 e. The zero-order valence-electron chi connectivity index (χ0n) is 10.9. The van der Waals surface area contributed by atoms with Crippen LogP contribution in [0.2, 0.25) is 0 Å². The number of likely N-dealkylation sites (N-methyl/N-ethyl adjacent to an activating group) is 1. The van der Waals surface area contributed by atoms with Crippen LogP contribution in [0.25, 0.3) is 0 Å². The van der Waals surface area contributed by atoms with Crippen LogP contribution in [0.1, 0.15) is 20.3 Å². The van der Waals surface area contributed by atoms with Crippen LogP contribution in [0.4, 0.5) is 0 Å². The van der Waals surface area contributed by atoms with Crippen molar-refractivity contribution in [1.29, 1.82) is 0 Å². The topological polar surface area (TPSA) is 74.5 Å². The third-order valence-electron chi connectivity index (χ3n) is 2.70. The van der Waals surface area contributed by atoms with Gasteiger partial charge in [-0.25, -0.2) is 0 Å². The Kier molecular flexibility index (Phi) is 5.55. The van der Waals surface area contributed by atoms with E-state index >= 15 is 0 Å². The van der Waals surface area contributed by atoms with E-state index in [1.54, 1.807) is 7.05 Å². The number of hydrogen-bond acceptors (Lipinski definition) is 5. The Labute approximate surface area is 111 Å². The number of rotatable bonds is 7. The normalized spacial score (nSPS) is 12.6. The van der Waals surface area contributed by atoms with Crippen molar-refractivity contribution in [2.75, 3.05) is 12.8 Å². The summed E-state index contributed by atoms with van der Waals surface area (Å²) in [7, 11) is 1.73. The zero-order valence-corrected chi connectivity index (χ0v) is 11.8. The molecular formula is C12H20N2O3S. The number of carbonyl (C=O) groups excluding carboxylic acids is 1. The van der Waals surface area contributed by atoms with Gasteiger partial charge >= 0.3 is 0 Å². The molecule has 5 nitrogen and oxygen atoms in total. The van der Waals surface area contributed by atoms with Crippen molar-refractivity contribution in [2.24, 2.45) is 0 Å². The number of aromatic nitrogens is 1. The van der Waals surface area contributed by atoms with Crippen molar-refractivity contribution < 1.29 is 15.0 Å². The SMILES string of the molecule is CCCn1c(O)cc(SCC(NC)C(C)=O)c1O. The van der Waals surface area contributed by atoms with Gasteiger partial charge in [0.25, 0.3) is 0 Å². The standard InChI is InChI=1S/C12H20N2O3S/c1-4-5-14-11(16)6-10(12(14)17)18-7-9(13-3)8(2)15/h6,9,13,16-17H,4-5,7H2,1-3H3. The fourth-order valence-corrected chi connectivity index (χ4v) is 2.80. The molecule has 1 heterocycles. The number of ketones is 1. The third-order valence-corrected chi connectivity index (χ3v) is 3.82. The van der Waals surface area contributed by atoms with Crippen LogP contribution in [0.3, 0.4) is 0 Å². The summed E-state index contributed by atoms with van der Waals surface area (Å²) in [5.74, 6) is 0.703. The van der Waals surface area contributed by atoms with Crippen molar-refractivity contribution in [3.63, 3.8) is 0 Å². The van der Waals surface area contributed by atoms with Crippen LogP contribution >= 0.6 is 11.8 Å². The van der Waals surface area contributed by atoms with Crippen LogP contribution in [-0.2, 0) is 11.3 Å². The number of thioether (sulfide) groups is 1. The second-order valence-electron chi connectivity index (χ2n) is 4.10. The second-order valence-corrected chi connectivity index (χ2v) is 5.17.